The fraction of sp³-hybridized carbons (Fsp3) is 0.250. The number of aromatic hydroxyl groups is 3. The van der Waals surface area contributed by atoms with E-state index in [1.54, 1.807) is 12.1 Å². The van der Waals surface area contributed by atoms with E-state index in [1.165, 1.54) is 6.07 Å². The molecule has 3 rings (SSSR count). The van der Waals surface area contributed by atoms with Crippen molar-refractivity contribution in [3.8, 4) is 17.2 Å². The monoisotopic (exact) mass is 453 g/mol. The van der Waals surface area contributed by atoms with Gasteiger partial charge in [-0.1, -0.05) is 34.8 Å². The van der Waals surface area contributed by atoms with Crippen LogP contribution in [0.15, 0.2) is 18.2 Å². The Morgan fingerprint density at radius 1 is 0.958 bits per heavy atom. The summed E-state index contributed by atoms with van der Waals surface area (Å²) < 4.78 is 0. The standard InChI is InChI=1S/C16H14Cl3NO3.BrH/c17-11-3-7(4-12(18)15(11)22)10-6-20-2-1-8-9(10)5-13(21)16(23)14(8)19;/h3-5,10,20-23H,1-2,6H2;1H. The van der Waals surface area contributed by atoms with E-state index in [9.17, 15) is 15.3 Å². The average Bonchev–Trinajstić information content (AvgIpc) is 2.72. The maximum atomic E-state index is 9.92. The number of fused-ring (bicyclic) bond motifs is 1. The third-order valence-electron chi connectivity index (χ3n) is 4.07. The van der Waals surface area contributed by atoms with Crippen LogP contribution in [0.5, 0.6) is 17.2 Å². The van der Waals surface area contributed by atoms with Crippen LogP contribution in [0.25, 0.3) is 0 Å². The SMILES string of the molecule is Br.Oc1cc2c(c(Cl)c1O)CCNCC2c1cc(Cl)c(O)c(Cl)c1. The summed E-state index contributed by atoms with van der Waals surface area (Å²) in [6, 6.07) is 4.80. The molecule has 0 aromatic heterocycles. The van der Waals surface area contributed by atoms with Gasteiger partial charge in [0.1, 0.15) is 0 Å². The van der Waals surface area contributed by atoms with Gasteiger partial charge in [-0.3, -0.25) is 0 Å². The van der Waals surface area contributed by atoms with Crippen LogP contribution < -0.4 is 5.32 Å². The Balaban J connectivity index is 0.00000208. The minimum absolute atomic E-state index is 0. The lowest BCUT2D eigenvalue weighted by molar-refractivity contribution is 0.402. The lowest BCUT2D eigenvalue weighted by Gasteiger charge is -2.20. The highest BCUT2D eigenvalue weighted by Crippen LogP contribution is 2.44. The molecule has 1 atom stereocenters. The molecule has 130 valence electrons. The van der Waals surface area contributed by atoms with Crippen LogP contribution in [0.2, 0.25) is 15.1 Å². The molecule has 8 heteroatoms. The Morgan fingerprint density at radius 2 is 1.58 bits per heavy atom. The third-order valence-corrected chi connectivity index (χ3v) is 5.06. The average molecular weight is 456 g/mol. The molecule has 0 aliphatic carbocycles. The Labute approximate surface area is 164 Å². The number of hydrogen-bond acceptors (Lipinski definition) is 4. The first-order chi connectivity index (χ1) is 10.9. The number of hydrogen-bond donors (Lipinski definition) is 4. The Kier molecular flexibility index (Phi) is 6.15. The number of benzene rings is 2. The van der Waals surface area contributed by atoms with Gasteiger partial charge in [0.05, 0.1) is 15.1 Å². The smallest absolute Gasteiger partial charge is 0.176 e. The van der Waals surface area contributed by atoms with Crippen molar-refractivity contribution in [3.63, 3.8) is 0 Å². The van der Waals surface area contributed by atoms with Gasteiger partial charge in [0, 0.05) is 12.5 Å². The molecule has 0 radical (unpaired) electrons. The fourth-order valence-electron chi connectivity index (χ4n) is 2.90. The second-order valence-electron chi connectivity index (χ2n) is 5.47. The van der Waals surface area contributed by atoms with E-state index in [0.29, 0.717) is 19.5 Å². The van der Waals surface area contributed by atoms with Crippen molar-refractivity contribution in [1.29, 1.82) is 0 Å². The second kappa shape index (κ2) is 7.58. The lowest BCUT2D eigenvalue weighted by Crippen LogP contribution is -2.20. The number of halogens is 4. The molecule has 1 unspecified atom stereocenters. The van der Waals surface area contributed by atoms with Crippen molar-refractivity contribution >= 4 is 51.8 Å². The van der Waals surface area contributed by atoms with Gasteiger partial charge in [-0.25, -0.2) is 0 Å². The maximum Gasteiger partial charge on any atom is 0.176 e. The summed E-state index contributed by atoms with van der Waals surface area (Å²) in [6.45, 7) is 1.28. The highest BCUT2D eigenvalue weighted by molar-refractivity contribution is 8.93. The van der Waals surface area contributed by atoms with Crippen LogP contribution in [-0.4, -0.2) is 28.4 Å². The zero-order chi connectivity index (χ0) is 16.7. The Morgan fingerprint density at radius 3 is 2.21 bits per heavy atom. The summed E-state index contributed by atoms with van der Waals surface area (Å²) >= 11 is 18.2. The molecule has 2 aromatic rings. The molecule has 4 nitrogen and oxygen atoms in total. The van der Waals surface area contributed by atoms with Gasteiger partial charge in [-0.2, -0.15) is 0 Å². The zero-order valence-corrected chi connectivity index (χ0v) is 16.3. The highest BCUT2D eigenvalue weighted by Gasteiger charge is 2.26. The van der Waals surface area contributed by atoms with Gasteiger partial charge in [-0.05, 0) is 47.9 Å². The topological polar surface area (TPSA) is 72.7 Å². The van der Waals surface area contributed by atoms with Crippen LogP contribution in [-0.2, 0) is 6.42 Å². The number of phenols is 3. The van der Waals surface area contributed by atoms with Crippen LogP contribution in [0.4, 0.5) is 0 Å². The van der Waals surface area contributed by atoms with E-state index in [4.69, 9.17) is 34.8 Å². The Hall–Kier alpha value is -0.850. The molecule has 1 aliphatic rings. The van der Waals surface area contributed by atoms with E-state index >= 15 is 0 Å². The fourth-order valence-corrected chi connectivity index (χ4v) is 3.71. The first-order valence-electron chi connectivity index (χ1n) is 7.02. The first kappa shape index (κ1) is 19.5. The van der Waals surface area contributed by atoms with Gasteiger partial charge < -0.3 is 20.6 Å². The molecule has 0 fully saturated rings. The molecule has 1 heterocycles. The molecule has 1 aliphatic heterocycles. The molecule has 0 saturated heterocycles. The zero-order valence-electron chi connectivity index (χ0n) is 12.3. The van der Waals surface area contributed by atoms with Crippen molar-refractivity contribution in [1.82, 2.24) is 5.32 Å². The quantitative estimate of drug-likeness (QED) is 0.474. The van der Waals surface area contributed by atoms with Crippen LogP contribution in [0, 0.1) is 0 Å². The predicted molar refractivity (Wildman–Crippen MR) is 102 cm³/mol. The largest absolute Gasteiger partial charge is 0.505 e. The summed E-state index contributed by atoms with van der Waals surface area (Å²) in [5.41, 5.74) is 2.36. The highest BCUT2D eigenvalue weighted by atomic mass is 79.9. The number of rotatable bonds is 1. The molecule has 4 N–H and O–H groups in total. The van der Waals surface area contributed by atoms with Crippen molar-refractivity contribution in [3.05, 3.63) is 50.0 Å². The number of nitrogens with one attached hydrogen (secondary N) is 1. The minimum atomic E-state index is -0.312. The number of phenolic OH excluding ortho intramolecular Hbond substituents is 3. The second-order valence-corrected chi connectivity index (χ2v) is 6.66. The molecular formula is C16H15BrCl3NO3. The molecule has 0 amide bonds. The molecule has 2 aromatic carbocycles. The first-order valence-corrected chi connectivity index (χ1v) is 8.15. The van der Waals surface area contributed by atoms with Crippen molar-refractivity contribution < 1.29 is 15.3 Å². The molecular weight excluding hydrogens is 440 g/mol. The summed E-state index contributed by atoms with van der Waals surface area (Å²) in [5, 5.41) is 33.3. The van der Waals surface area contributed by atoms with Crippen molar-refractivity contribution in [2.24, 2.45) is 0 Å². The van der Waals surface area contributed by atoms with E-state index in [0.717, 1.165) is 16.7 Å². The summed E-state index contributed by atoms with van der Waals surface area (Å²) in [4.78, 5) is 0. The van der Waals surface area contributed by atoms with Gasteiger partial charge in [-0.15, -0.1) is 17.0 Å². The van der Waals surface area contributed by atoms with Crippen LogP contribution in [0.1, 0.15) is 22.6 Å². The van der Waals surface area contributed by atoms with Crippen LogP contribution in [0.3, 0.4) is 0 Å². The van der Waals surface area contributed by atoms with Gasteiger partial charge >= 0.3 is 0 Å². The molecule has 0 bridgehead atoms. The molecule has 0 saturated carbocycles. The molecule has 24 heavy (non-hydrogen) atoms. The van der Waals surface area contributed by atoms with Gasteiger partial charge in [0.2, 0.25) is 0 Å². The van der Waals surface area contributed by atoms with Gasteiger partial charge in [0.15, 0.2) is 17.2 Å². The summed E-state index contributed by atoms with van der Waals surface area (Å²) in [7, 11) is 0. The predicted octanol–water partition coefficient (Wildman–Crippen LogP) is 4.62. The lowest BCUT2D eigenvalue weighted by atomic mass is 9.87. The molecule has 0 spiro atoms. The van der Waals surface area contributed by atoms with Crippen LogP contribution >= 0.6 is 51.8 Å². The van der Waals surface area contributed by atoms with E-state index in [2.05, 4.69) is 5.32 Å². The summed E-state index contributed by atoms with van der Waals surface area (Å²) in [6.07, 6.45) is 0.623. The van der Waals surface area contributed by atoms with Crippen molar-refractivity contribution in [2.75, 3.05) is 13.1 Å². The maximum absolute atomic E-state index is 9.92. The Bertz CT molecular complexity index is 763. The van der Waals surface area contributed by atoms with Gasteiger partial charge in [0.25, 0.3) is 0 Å². The van der Waals surface area contributed by atoms with E-state index < -0.39 is 0 Å². The minimum Gasteiger partial charge on any atom is -0.505 e. The van der Waals surface area contributed by atoms with E-state index in [-0.39, 0.29) is 55.2 Å². The summed E-state index contributed by atoms with van der Waals surface area (Å²) in [5.74, 6) is -0.915. The van der Waals surface area contributed by atoms with E-state index in [1.807, 2.05) is 0 Å². The third kappa shape index (κ3) is 3.41. The van der Waals surface area contributed by atoms with Crippen molar-refractivity contribution in [2.45, 2.75) is 12.3 Å². The normalized spacial score (nSPS) is 16.9.